The number of likely N-dealkylation sites (N-methyl/N-ethyl adjacent to an activating group) is 1. The Kier molecular flexibility index (Phi) is 17.5. The number of carbonyl (C=O) groups is 4. The zero-order valence-electron chi connectivity index (χ0n) is 36.7. The Morgan fingerprint density at radius 2 is 1.78 bits per heavy atom. The highest BCUT2D eigenvalue weighted by atomic mass is 16.6. The maximum Gasteiger partial charge on any atom is 0.410 e. The number of carbonyl (C=O) groups excluding carboxylic acids is 4. The van der Waals surface area contributed by atoms with E-state index in [1.807, 2.05) is 40.7 Å². The third-order valence-electron chi connectivity index (χ3n) is 12.8. The lowest BCUT2D eigenvalue weighted by molar-refractivity contribution is -0.913. The number of methoxy groups -OCH3 is 1. The first-order valence-electron chi connectivity index (χ1n) is 21.7. The molecular weight excluding hydrogens is 759 g/mol. The molecule has 59 heavy (non-hydrogen) atoms. The molecule has 0 unspecified atom stereocenters. The first-order valence-corrected chi connectivity index (χ1v) is 21.7. The van der Waals surface area contributed by atoms with Crippen LogP contribution >= 0.6 is 0 Å². The number of rotatable bonds is 17. The Labute approximate surface area is 351 Å². The van der Waals surface area contributed by atoms with Gasteiger partial charge in [0, 0.05) is 44.1 Å². The Hall–Kier alpha value is -3.40. The maximum absolute atomic E-state index is 13.7. The van der Waals surface area contributed by atoms with Gasteiger partial charge in [0.15, 0.2) is 6.10 Å². The monoisotopic (exact) mass is 831 g/mol. The second-order valence-corrected chi connectivity index (χ2v) is 18.0. The van der Waals surface area contributed by atoms with Gasteiger partial charge in [0.1, 0.15) is 11.7 Å². The summed E-state index contributed by atoms with van der Waals surface area (Å²) >= 11 is 0. The van der Waals surface area contributed by atoms with Crippen molar-refractivity contribution >= 4 is 23.9 Å². The maximum atomic E-state index is 13.7. The van der Waals surface area contributed by atoms with E-state index in [1.165, 1.54) is 17.1 Å². The van der Waals surface area contributed by atoms with Crippen molar-refractivity contribution in [3.63, 3.8) is 0 Å². The van der Waals surface area contributed by atoms with Gasteiger partial charge in [-0.1, -0.05) is 51.5 Å². The Morgan fingerprint density at radius 3 is 2.42 bits per heavy atom. The summed E-state index contributed by atoms with van der Waals surface area (Å²) in [5.74, 6) is -1.38. The average molecular weight is 831 g/mol. The molecule has 0 bridgehead atoms. The van der Waals surface area contributed by atoms with E-state index in [1.54, 1.807) is 43.2 Å². The summed E-state index contributed by atoms with van der Waals surface area (Å²) in [4.78, 5) is 53.4. The molecule has 0 aromatic heterocycles. The van der Waals surface area contributed by atoms with Crippen LogP contribution in [0, 0.1) is 11.8 Å². The van der Waals surface area contributed by atoms with Gasteiger partial charge in [-0.3, -0.25) is 24.2 Å². The molecule has 3 amide bonds. The topological polar surface area (TPSA) is 176 Å². The minimum Gasteiger partial charge on any atom is -0.457 e. The number of cyclic esters (lactones) is 1. The average Bonchev–Trinajstić information content (AvgIpc) is 3.87. The standard InChI is InChI=1S/C45H72N3O11/c1-9-35(50)33(4)42-36(57-42)30-44(5,55)21-14-15-31(2)41-32(3)16-17-37(45(6,56-8)22-20-34(49)29-40(53)59-41)58-43(54)46-24-27-48(7,28-25-46)26-13-11-10-12-23-47-38(51)18-19-39(47)52/h14-19,21,32-37,41-42,49-50,55H,9-13,20,22-30H2,1-8H3/q+1/b17-16+,21-14+,31-15+/t32-,33+,34+,35-,36+,37-,41+,42+,44-,45+/m0/s1. The van der Waals surface area contributed by atoms with Gasteiger partial charge in [-0.2, -0.15) is 0 Å². The molecule has 0 aromatic rings. The van der Waals surface area contributed by atoms with Crippen molar-refractivity contribution in [1.29, 1.82) is 0 Å². The first-order chi connectivity index (χ1) is 27.8. The van der Waals surface area contributed by atoms with E-state index in [0.29, 0.717) is 38.9 Å². The molecule has 14 heteroatoms. The van der Waals surface area contributed by atoms with Gasteiger partial charge in [-0.05, 0) is 70.9 Å². The highest BCUT2D eigenvalue weighted by Gasteiger charge is 2.47. The molecule has 2 fully saturated rings. The third kappa shape index (κ3) is 14.1. The number of hydrogen-bond acceptors (Lipinski definition) is 11. The summed E-state index contributed by atoms with van der Waals surface area (Å²) in [5.41, 5.74) is -1.44. The van der Waals surface area contributed by atoms with Crippen LogP contribution in [0.4, 0.5) is 4.79 Å². The van der Waals surface area contributed by atoms with E-state index in [9.17, 15) is 34.5 Å². The molecule has 10 atom stereocenters. The minimum atomic E-state index is -1.17. The number of nitrogens with zero attached hydrogens (tertiary/aromatic N) is 3. The predicted molar refractivity (Wildman–Crippen MR) is 223 cm³/mol. The molecule has 0 aromatic carbocycles. The highest BCUT2D eigenvalue weighted by molar-refractivity contribution is 6.12. The van der Waals surface area contributed by atoms with Gasteiger partial charge in [-0.15, -0.1) is 0 Å². The Morgan fingerprint density at radius 1 is 1.12 bits per heavy atom. The van der Waals surface area contributed by atoms with Gasteiger partial charge in [0.2, 0.25) is 0 Å². The van der Waals surface area contributed by atoms with E-state index in [2.05, 4.69) is 7.05 Å². The molecule has 4 aliphatic heterocycles. The van der Waals surface area contributed by atoms with Gasteiger partial charge >= 0.3 is 12.1 Å². The van der Waals surface area contributed by atoms with Crippen molar-refractivity contribution in [2.45, 2.75) is 147 Å². The smallest absolute Gasteiger partial charge is 0.410 e. The number of amides is 3. The van der Waals surface area contributed by atoms with Crippen LogP contribution in [0.3, 0.4) is 0 Å². The summed E-state index contributed by atoms with van der Waals surface area (Å²) in [6.45, 7) is 15.2. The molecule has 2 saturated heterocycles. The van der Waals surface area contributed by atoms with Crippen molar-refractivity contribution in [3.05, 3.63) is 48.1 Å². The fourth-order valence-electron chi connectivity index (χ4n) is 8.31. The number of aliphatic hydroxyl groups excluding tert-OH is 2. The fourth-order valence-corrected chi connectivity index (χ4v) is 8.31. The minimum absolute atomic E-state index is 0.0198. The molecule has 4 aliphatic rings. The van der Waals surface area contributed by atoms with Crippen LogP contribution in [0.1, 0.15) is 99.3 Å². The molecular formula is C45H72N3O11+. The molecule has 0 aliphatic carbocycles. The Bertz CT molecular complexity index is 1550. The van der Waals surface area contributed by atoms with E-state index >= 15 is 0 Å². The zero-order chi connectivity index (χ0) is 43.5. The number of imide groups is 1. The number of unbranched alkanes of at least 4 members (excludes halogenated alkanes) is 3. The number of epoxide rings is 1. The van der Waals surface area contributed by atoms with Gasteiger partial charge < -0.3 is 38.8 Å². The van der Waals surface area contributed by atoms with Crippen LogP contribution in [0.5, 0.6) is 0 Å². The summed E-state index contributed by atoms with van der Waals surface area (Å²) in [6.07, 6.45) is 13.0. The number of hydrogen-bond donors (Lipinski definition) is 3. The zero-order valence-corrected chi connectivity index (χ0v) is 36.7. The first kappa shape index (κ1) is 48.3. The number of quaternary nitrogens is 1. The van der Waals surface area contributed by atoms with Gasteiger partial charge in [0.25, 0.3) is 11.8 Å². The van der Waals surface area contributed by atoms with E-state index in [4.69, 9.17) is 18.9 Å². The lowest BCUT2D eigenvalue weighted by Crippen LogP contribution is -2.59. The lowest BCUT2D eigenvalue weighted by atomic mass is 9.88. The Balaban J connectivity index is 1.36. The van der Waals surface area contributed by atoms with E-state index in [-0.39, 0.29) is 48.7 Å². The van der Waals surface area contributed by atoms with Crippen molar-refractivity contribution in [3.8, 4) is 0 Å². The van der Waals surface area contributed by atoms with Crippen LogP contribution in [-0.4, -0.2) is 155 Å². The van der Waals surface area contributed by atoms with Crippen LogP contribution in [0.2, 0.25) is 0 Å². The van der Waals surface area contributed by atoms with E-state index in [0.717, 1.165) is 55.4 Å². The van der Waals surface area contributed by atoms with E-state index < -0.39 is 47.7 Å². The molecule has 4 rings (SSSR count). The van der Waals surface area contributed by atoms with Crippen LogP contribution in [0.15, 0.2) is 48.1 Å². The SMILES string of the molecule is CC[C@H](O)[C@@H](C)[C@H]1O[C@@H]1C[C@@](C)(O)/C=C/C=C(\C)[C@H]1OC(=O)C[C@H](O)CC[C@@](C)(OC)[C@@H](OC(=O)N2CC[N+](C)(CCCCCCN3C(=O)C=CC3=O)CC2)/C=C/[C@@H]1C. The molecule has 332 valence electrons. The normalized spacial score (nSPS) is 31.9. The largest absolute Gasteiger partial charge is 0.457 e. The number of ether oxygens (including phenoxy) is 4. The lowest BCUT2D eigenvalue weighted by Gasteiger charge is -2.42. The summed E-state index contributed by atoms with van der Waals surface area (Å²) in [6, 6.07) is 0. The van der Waals surface area contributed by atoms with Crippen molar-refractivity contribution in [1.82, 2.24) is 9.80 Å². The third-order valence-corrected chi connectivity index (χ3v) is 12.8. The number of allylic oxidation sites excluding steroid dienone is 2. The second-order valence-electron chi connectivity index (χ2n) is 18.0. The van der Waals surface area contributed by atoms with Crippen LogP contribution < -0.4 is 0 Å². The van der Waals surface area contributed by atoms with Crippen molar-refractivity contribution in [2.24, 2.45) is 11.8 Å². The summed E-state index contributed by atoms with van der Waals surface area (Å²) < 4.78 is 24.8. The van der Waals surface area contributed by atoms with Crippen LogP contribution in [0.25, 0.3) is 0 Å². The molecule has 0 saturated carbocycles. The second kappa shape index (κ2) is 21.4. The summed E-state index contributed by atoms with van der Waals surface area (Å²) in [5, 5.41) is 32.2. The summed E-state index contributed by atoms with van der Waals surface area (Å²) in [7, 11) is 3.76. The number of piperazine rings is 1. The number of esters is 1. The predicted octanol–water partition coefficient (Wildman–Crippen LogP) is 4.61. The fraction of sp³-hybridized carbons (Fsp3) is 0.733. The quantitative estimate of drug-likeness (QED) is 0.0355. The van der Waals surface area contributed by atoms with Gasteiger partial charge in [-0.25, -0.2) is 4.79 Å². The molecule has 0 radical (unpaired) electrons. The van der Waals surface area contributed by atoms with Gasteiger partial charge in [0.05, 0.1) is 76.2 Å². The molecule has 14 nitrogen and oxygen atoms in total. The van der Waals surface area contributed by atoms with Crippen molar-refractivity contribution < 1.29 is 57.9 Å². The highest BCUT2D eigenvalue weighted by Crippen LogP contribution is 2.38. The molecule has 4 heterocycles. The molecule has 3 N–H and O–H groups in total. The molecule has 0 spiro atoms. The number of aliphatic hydroxyl groups is 3. The van der Waals surface area contributed by atoms with Crippen molar-refractivity contribution in [2.75, 3.05) is 53.4 Å². The van der Waals surface area contributed by atoms with Crippen LogP contribution in [-0.2, 0) is 33.3 Å².